The first-order valence-corrected chi connectivity index (χ1v) is 8.74. The Kier molecular flexibility index (Phi) is 5.66. The van der Waals surface area contributed by atoms with Gasteiger partial charge in [-0.25, -0.2) is 15.0 Å². The first-order chi connectivity index (χ1) is 11.7. The molecular weight excluding hydrogens is 345 g/mol. The number of rotatable bonds is 7. The van der Waals surface area contributed by atoms with Crippen molar-refractivity contribution in [3.63, 3.8) is 0 Å². The first kappa shape index (κ1) is 17.1. The van der Waals surface area contributed by atoms with Crippen molar-refractivity contribution in [2.75, 3.05) is 6.54 Å². The molecule has 7 heteroatoms. The molecule has 24 heavy (non-hydrogen) atoms. The summed E-state index contributed by atoms with van der Waals surface area (Å²) in [4.78, 5) is 13.3. The molecule has 0 aliphatic carbocycles. The Balaban J connectivity index is 1.84. The fraction of sp³-hybridized carbons (Fsp3) is 0.353. The second-order valence-corrected chi connectivity index (χ2v) is 6.48. The Morgan fingerprint density at radius 3 is 2.54 bits per heavy atom. The molecule has 2 heterocycles. The molecule has 3 rings (SSSR count). The van der Waals surface area contributed by atoms with Crippen LogP contribution in [0.1, 0.15) is 30.5 Å². The minimum Gasteiger partial charge on any atom is -0.330 e. The van der Waals surface area contributed by atoms with E-state index < -0.39 is 0 Å². The number of aryl methyl sites for hydroxylation is 1. The van der Waals surface area contributed by atoms with Crippen LogP contribution in [-0.2, 0) is 13.0 Å². The summed E-state index contributed by atoms with van der Waals surface area (Å²) >= 11 is 12.5. The smallest absolute Gasteiger partial charge is 0.163 e. The number of halogens is 2. The SMILES string of the molecule is NCCCCCc1ncn(Cc2c(Cl)cccc2Cl)c2ncnc1-2. The summed E-state index contributed by atoms with van der Waals surface area (Å²) in [6.45, 7) is 1.24. The number of unbranched alkanes of at least 4 members (excludes halogenated alkanes) is 2. The standard InChI is InChI=1S/C17H19Cl2N5/c18-13-5-4-6-14(19)12(13)9-24-11-23-15(7-2-1-3-8-20)16-17(24)22-10-21-16/h4-6,10-11H,1-3,7-9,20H2. The van der Waals surface area contributed by atoms with E-state index in [1.807, 2.05) is 22.8 Å². The van der Waals surface area contributed by atoms with Gasteiger partial charge in [0.05, 0.1) is 18.6 Å². The molecule has 2 aliphatic heterocycles. The average Bonchev–Trinajstić information content (AvgIpc) is 3.06. The van der Waals surface area contributed by atoms with Crippen LogP contribution >= 0.6 is 23.2 Å². The van der Waals surface area contributed by atoms with Crippen molar-refractivity contribution in [2.45, 2.75) is 32.2 Å². The lowest BCUT2D eigenvalue weighted by molar-refractivity contribution is 0.670. The van der Waals surface area contributed by atoms with Crippen molar-refractivity contribution < 1.29 is 0 Å². The molecule has 0 aromatic heterocycles. The molecule has 2 aliphatic rings. The lowest BCUT2D eigenvalue weighted by atomic mass is 10.1. The second kappa shape index (κ2) is 7.92. The van der Waals surface area contributed by atoms with Crippen LogP contribution in [0.2, 0.25) is 10.0 Å². The van der Waals surface area contributed by atoms with Crippen molar-refractivity contribution in [3.05, 3.63) is 52.2 Å². The molecule has 0 atom stereocenters. The van der Waals surface area contributed by atoms with Gasteiger partial charge in [-0.05, 0) is 37.9 Å². The summed E-state index contributed by atoms with van der Waals surface area (Å²) in [7, 11) is 0. The third-order valence-electron chi connectivity index (χ3n) is 3.98. The Morgan fingerprint density at radius 2 is 1.79 bits per heavy atom. The van der Waals surface area contributed by atoms with E-state index >= 15 is 0 Å². The predicted octanol–water partition coefficient (Wildman–Crippen LogP) is 3.80. The largest absolute Gasteiger partial charge is 0.330 e. The van der Waals surface area contributed by atoms with Gasteiger partial charge in [0.1, 0.15) is 12.0 Å². The summed E-state index contributed by atoms with van der Waals surface area (Å²) in [6, 6.07) is 5.49. The third kappa shape index (κ3) is 3.69. The summed E-state index contributed by atoms with van der Waals surface area (Å²) < 4.78 is 1.93. The van der Waals surface area contributed by atoms with Crippen LogP contribution in [0.4, 0.5) is 0 Å². The molecule has 0 amide bonds. The van der Waals surface area contributed by atoms with E-state index in [1.54, 1.807) is 12.7 Å². The Labute approximate surface area is 151 Å². The van der Waals surface area contributed by atoms with Crippen LogP contribution in [0.5, 0.6) is 0 Å². The van der Waals surface area contributed by atoms with Gasteiger partial charge in [0.15, 0.2) is 5.82 Å². The topological polar surface area (TPSA) is 69.6 Å². The lowest BCUT2D eigenvalue weighted by Gasteiger charge is -2.14. The predicted molar refractivity (Wildman–Crippen MR) is 96.6 cm³/mol. The minimum atomic E-state index is 0.508. The summed E-state index contributed by atoms with van der Waals surface area (Å²) in [6.07, 6.45) is 7.41. The van der Waals surface area contributed by atoms with Gasteiger partial charge in [-0.15, -0.1) is 0 Å². The zero-order valence-electron chi connectivity index (χ0n) is 13.3. The number of hydrogen-bond acceptors (Lipinski definition) is 4. The molecule has 0 spiro atoms. The van der Waals surface area contributed by atoms with Gasteiger partial charge in [0.25, 0.3) is 0 Å². The average molecular weight is 364 g/mol. The molecule has 1 aromatic rings. The highest BCUT2D eigenvalue weighted by molar-refractivity contribution is 6.35. The van der Waals surface area contributed by atoms with Crippen LogP contribution in [0.25, 0.3) is 11.5 Å². The van der Waals surface area contributed by atoms with E-state index in [4.69, 9.17) is 28.9 Å². The molecule has 0 unspecified atom stereocenters. The molecule has 1 aromatic carbocycles. The Morgan fingerprint density at radius 1 is 1.00 bits per heavy atom. The van der Waals surface area contributed by atoms with Crippen molar-refractivity contribution in [2.24, 2.45) is 5.73 Å². The number of nitrogens with two attached hydrogens (primary N) is 1. The van der Waals surface area contributed by atoms with Gasteiger partial charge in [-0.3, -0.25) is 0 Å². The van der Waals surface area contributed by atoms with Crippen LogP contribution < -0.4 is 5.73 Å². The van der Waals surface area contributed by atoms with Crippen LogP contribution in [0, 0.1) is 0 Å². The summed E-state index contributed by atoms with van der Waals surface area (Å²) in [5.41, 5.74) is 8.21. The van der Waals surface area contributed by atoms with E-state index in [-0.39, 0.29) is 0 Å². The maximum Gasteiger partial charge on any atom is 0.163 e. The van der Waals surface area contributed by atoms with Crippen LogP contribution in [-0.4, -0.2) is 26.1 Å². The highest BCUT2D eigenvalue weighted by Crippen LogP contribution is 2.28. The highest BCUT2D eigenvalue weighted by atomic mass is 35.5. The normalized spacial score (nSPS) is 11.3. The molecule has 126 valence electrons. The molecule has 0 radical (unpaired) electrons. The third-order valence-corrected chi connectivity index (χ3v) is 4.69. The van der Waals surface area contributed by atoms with Gasteiger partial charge in [0.2, 0.25) is 0 Å². The van der Waals surface area contributed by atoms with Gasteiger partial charge >= 0.3 is 0 Å². The molecular formula is C17H19Cl2N5. The first-order valence-electron chi connectivity index (χ1n) is 7.98. The van der Waals surface area contributed by atoms with Crippen LogP contribution in [0.3, 0.4) is 0 Å². The van der Waals surface area contributed by atoms with Crippen molar-refractivity contribution in [3.8, 4) is 11.5 Å². The number of imidazole rings is 1. The van der Waals surface area contributed by atoms with Gasteiger partial charge in [-0.2, -0.15) is 0 Å². The number of fused-ring (bicyclic) bond motifs is 1. The second-order valence-electron chi connectivity index (χ2n) is 5.66. The lowest BCUT2D eigenvalue weighted by Crippen LogP contribution is -2.10. The van der Waals surface area contributed by atoms with E-state index in [1.165, 1.54) is 0 Å². The molecule has 0 bridgehead atoms. The number of aromatic nitrogens is 4. The maximum absolute atomic E-state index is 6.27. The zero-order valence-corrected chi connectivity index (χ0v) is 14.8. The molecule has 2 N–H and O–H groups in total. The van der Waals surface area contributed by atoms with Gasteiger partial charge in [0, 0.05) is 15.6 Å². The Hall–Kier alpha value is -1.69. The highest BCUT2D eigenvalue weighted by Gasteiger charge is 2.17. The summed E-state index contributed by atoms with van der Waals surface area (Å²) in [5.74, 6) is 0.801. The van der Waals surface area contributed by atoms with Crippen molar-refractivity contribution >= 4 is 23.2 Å². The quantitative estimate of drug-likeness (QED) is 0.648. The monoisotopic (exact) mass is 363 g/mol. The summed E-state index contributed by atoms with van der Waals surface area (Å²) in [5, 5.41) is 1.27. The van der Waals surface area contributed by atoms with E-state index in [2.05, 4.69) is 15.0 Å². The number of hydrogen-bond donors (Lipinski definition) is 1. The Bertz CT molecular complexity index is 766. The molecule has 0 saturated carbocycles. The van der Waals surface area contributed by atoms with Crippen molar-refractivity contribution in [1.29, 1.82) is 0 Å². The van der Waals surface area contributed by atoms with Gasteiger partial charge in [-0.1, -0.05) is 35.7 Å². The van der Waals surface area contributed by atoms with Gasteiger partial charge < -0.3 is 10.3 Å². The number of benzene rings is 1. The van der Waals surface area contributed by atoms with E-state index in [0.717, 1.165) is 55.0 Å². The maximum atomic E-state index is 6.27. The fourth-order valence-electron chi connectivity index (χ4n) is 2.70. The zero-order chi connectivity index (χ0) is 16.9. The minimum absolute atomic E-state index is 0.508. The van der Waals surface area contributed by atoms with Crippen molar-refractivity contribution in [1.82, 2.24) is 19.5 Å². The molecule has 0 fully saturated rings. The van der Waals surface area contributed by atoms with E-state index in [0.29, 0.717) is 16.6 Å². The molecule has 5 nitrogen and oxygen atoms in total. The fourth-order valence-corrected chi connectivity index (χ4v) is 3.21. The molecule has 0 saturated heterocycles. The number of nitrogens with zero attached hydrogens (tertiary/aromatic N) is 4. The van der Waals surface area contributed by atoms with E-state index in [9.17, 15) is 0 Å². The van der Waals surface area contributed by atoms with Crippen LogP contribution in [0.15, 0.2) is 30.9 Å².